The van der Waals surface area contributed by atoms with Crippen LogP contribution < -0.4 is 20.3 Å². The zero-order valence-corrected chi connectivity index (χ0v) is 29.6. The van der Waals surface area contributed by atoms with Gasteiger partial charge in [-0.1, -0.05) is 41.4 Å². The topological polar surface area (TPSA) is 98.9 Å². The summed E-state index contributed by atoms with van der Waals surface area (Å²) in [6, 6.07) is 21.0. The SMILES string of the molecule is COC(=CC=Cc1cc2cc(Cl)c(Cl)cc2[nH]1)C(=O)NCCCN1CCN(c2cccc(OCC(=O)Nc3cccc(I)c3)c2)CC1. The molecule has 12 heteroatoms. The van der Waals surface area contributed by atoms with Crippen molar-refractivity contribution in [1.82, 2.24) is 15.2 Å². The van der Waals surface area contributed by atoms with Crippen LogP contribution in [0.1, 0.15) is 12.1 Å². The summed E-state index contributed by atoms with van der Waals surface area (Å²) in [4.78, 5) is 33.0. The molecule has 1 aliphatic rings. The lowest BCUT2D eigenvalue weighted by Crippen LogP contribution is -2.47. The van der Waals surface area contributed by atoms with Crippen molar-refractivity contribution in [3.8, 4) is 5.75 Å². The first kappa shape index (κ1) is 34.6. The number of H-pyrrole nitrogens is 1. The van der Waals surface area contributed by atoms with Crippen LogP contribution in [0.15, 0.2) is 84.6 Å². The van der Waals surface area contributed by atoms with Crippen LogP contribution in [0.2, 0.25) is 10.0 Å². The molecule has 3 aromatic carbocycles. The molecule has 47 heavy (non-hydrogen) atoms. The second-order valence-electron chi connectivity index (χ2n) is 11.0. The van der Waals surface area contributed by atoms with Gasteiger partial charge in [0, 0.05) is 70.3 Å². The first-order valence-corrected chi connectivity index (χ1v) is 17.0. The molecule has 1 aliphatic heterocycles. The number of nitrogens with one attached hydrogen (secondary N) is 3. The van der Waals surface area contributed by atoms with E-state index in [1.54, 1.807) is 18.2 Å². The average Bonchev–Trinajstić information content (AvgIpc) is 3.45. The molecule has 3 N–H and O–H groups in total. The van der Waals surface area contributed by atoms with Crippen LogP contribution in [0, 0.1) is 3.57 Å². The van der Waals surface area contributed by atoms with Gasteiger partial charge >= 0.3 is 0 Å². The molecule has 0 spiro atoms. The van der Waals surface area contributed by atoms with Gasteiger partial charge in [-0.05, 0) is 96.2 Å². The van der Waals surface area contributed by atoms with E-state index in [4.69, 9.17) is 32.7 Å². The largest absolute Gasteiger partial charge is 0.491 e. The van der Waals surface area contributed by atoms with E-state index in [2.05, 4.69) is 54.1 Å². The van der Waals surface area contributed by atoms with Crippen molar-refractivity contribution in [3.05, 3.63) is 104 Å². The van der Waals surface area contributed by atoms with Gasteiger partial charge in [-0.15, -0.1) is 0 Å². The van der Waals surface area contributed by atoms with Gasteiger partial charge in [0.15, 0.2) is 12.4 Å². The molecule has 9 nitrogen and oxygen atoms in total. The highest BCUT2D eigenvalue weighted by molar-refractivity contribution is 14.1. The summed E-state index contributed by atoms with van der Waals surface area (Å²) in [6.07, 6.45) is 6.08. The quantitative estimate of drug-likeness (QED) is 0.0446. The molecule has 2 heterocycles. The maximum absolute atomic E-state index is 12.7. The molecule has 1 aromatic heterocycles. The van der Waals surface area contributed by atoms with Crippen LogP contribution in [0.5, 0.6) is 5.75 Å². The molecule has 246 valence electrons. The third kappa shape index (κ3) is 10.1. The minimum Gasteiger partial charge on any atom is -0.491 e. The summed E-state index contributed by atoms with van der Waals surface area (Å²) >= 11 is 14.4. The van der Waals surface area contributed by atoms with Crippen molar-refractivity contribution in [1.29, 1.82) is 0 Å². The summed E-state index contributed by atoms with van der Waals surface area (Å²) in [5.74, 6) is 0.432. The monoisotopic (exact) mass is 787 g/mol. The number of anilines is 2. The van der Waals surface area contributed by atoms with Gasteiger partial charge < -0.3 is 30.0 Å². The zero-order valence-electron chi connectivity index (χ0n) is 25.9. The molecule has 4 aromatic rings. The van der Waals surface area contributed by atoms with Crippen LogP contribution in [0.25, 0.3) is 17.0 Å². The van der Waals surface area contributed by atoms with Crippen LogP contribution >= 0.6 is 45.8 Å². The Morgan fingerprint density at radius 3 is 2.57 bits per heavy atom. The van der Waals surface area contributed by atoms with Crippen LogP contribution in [0.4, 0.5) is 11.4 Å². The van der Waals surface area contributed by atoms with Crippen molar-refractivity contribution >= 4 is 86.0 Å². The van der Waals surface area contributed by atoms with E-state index in [9.17, 15) is 9.59 Å². The second kappa shape index (κ2) is 16.9. The number of carbonyl (C=O) groups is 2. The van der Waals surface area contributed by atoms with E-state index in [0.29, 0.717) is 22.3 Å². The number of hydrogen-bond acceptors (Lipinski definition) is 6. The fourth-order valence-corrected chi connectivity index (χ4v) is 6.10. The second-order valence-corrected chi connectivity index (χ2v) is 13.0. The Morgan fingerprint density at radius 2 is 1.79 bits per heavy atom. The molecule has 0 unspecified atom stereocenters. The number of aromatic amines is 1. The highest BCUT2D eigenvalue weighted by Crippen LogP contribution is 2.28. The molecule has 0 radical (unpaired) electrons. The summed E-state index contributed by atoms with van der Waals surface area (Å²) in [5, 5.41) is 7.75. The Labute approximate surface area is 298 Å². The maximum atomic E-state index is 12.7. The van der Waals surface area contributed by atoms with Crippen molar-refractivity contribution < 1.29 is 19.1 Å². The molecule has 0 aliphatic carbocycles. The number of amides is 2. The Kier molecular flexibility index (Phi) is 12.5. The van der Waals surface area contributed by atoms with E-state index in [-0.39, 0.29) is 24.2 Å². The molecule has 2 amide bonds. The first-order valence-electron chi connectivity index (χ1n) is 15.2. The van der Waals surface area contributed by atoms with Crippen molar-refractivity contribution in [2.24, 2.45) is 0 Å². The number of hydrogen-bond donors (Lipinski definition) is 3. The van der Waals surface area contributed by atoms with Crippen LogP contribution in [-0.4, -0.2) is 74.7 Å². The molecule has 0 atom stereocenters. The third-order valence-corrected chi connectivity index (χ3v) is 9.01. The van der Waals surface area contributed by atoms with Gasteiger partial charge in [0.05, 0.1) is 17.2 Å². The predicted octanol–water partition coefficient (Wildman–Crippen LogP) is 6.97. The Balaban J connectivity index is 1.01. The number of methoxy groups -OCH3 is 1. The summed E-state index contributed by atoms with van der Waals surface area (Å²) in [5.41, 5.74) is 3.55. The molecular weight excluding hydrogens is 752 g/mol. The van der Waals surface area contributed by atoms with Gasteiger partial charge in [0.25, 0.3) is 11.8 Å². The number of fused-ring (bicyclic) bond motifs is 1. The Bertz CT molecular complexity index is 1730. The van der Waals surface area contributed by atoms with Gasteiger partial charge in [-0.2, -0.15) is 0 Å². The molecular formula is C35H36Cl2IN5O4. The Hall–Kier alpha value is -3.71. The van der Waals surface area contributed by atoms with Gasteiger partial charge in [-0.3, -0.25) is 14.5 Å². The number of rotatable bonds is 13. The number of allylic oxidation sites excluding steroid dienone is 2. The van der Waals surface area contributed by atoms with Gasteiger partial charge in [0.2, 0.25) is 0 Å². The van der Waals surface area contributed by atoms with E-state index in [1.165, 1.54) is 7.11 Å². The molecule has 0 bridgehead atoms. The summed E-state index contributed by atoms with van der Waals surface area (Å²) in [7, 11) is 1.48. The average molecular weight is 789 g/mol. The number of halogens is 3. The van der Waals surface area contributed by atoms with Gasteiger partial charge in [-0.25, -0.2) is 0 Å². The lowest BCUT2D eigenvalue weighted by molar-refractivity contribution is -0.120. The number of aromatic nitrogens is 1. The molecule has 1 fully saturated rings. The highest BCUT2D eigenvalue weighted by atomic mass is 127. The molecule has 5 rings (SSSR count). The van der Waals surface area contributed by atoms with E-state index >= 15 is 0 Å². The van der Waals surface area contributed by atoms with Gasteiger partial charge in [0.1, 0.15) is 5.75 Å². The fraction of sp³-hybridized carbons (Fsp3) is 0.257. The van der Waals surface area contributed by atoms with Crippen LogP contribution in [0.3, 0.4) is 0 Å². The highest BCUT2D eigenvalue weighted by Gasteiger charge is 2.18. The Morgan fingerprint density at radius 1 is 1.00 bits per heavy atom. The number of benzene rings is 3. The number of piperazine rings is 1. The lowest BCUT2D eigenvalue weighted by atomic mass is 10.2. The van der Waals surface area contributed by atoms with E-state index < -0.39 is 0 Å². The van der Waals surface area contributed by atoms with Crippen LogP contribution in [-0.2, 0) is 14.3 Å². The van der Waals surface area contributed by atoms with E-state index in [0.717, 1.165) is 70.7 Å². The minimum absolute atomic E-state index is 0.0608. The number of ether oxygens (including phenoxy) is 2. The maximum Gasteiger partial charge on any atom is 0.286 e. The van der Waals surface area contributed by atoms with E-state index in [1.807, 2.05) is 60.7 Å². The normalized spacial score (nSPS) is 14.0. The lowest BCUT2D eigenvalue weighted by Gasteiger charge is -2.36. The standard InChI is InChI=1S/C35H36Cl2IN5O4/c1-46-33(11-3-8-26-18-24-19-30(36)31(37)22-32(24)40-26)35(45)39-12-5-13-42-14-16-43(17-15-42)28-9-4-10-29(21-28)47-23-34(44)41-27-7-2-6-25(38)20-27/h2-4,6-11,18-22,40H,5,12-17,23H2,1H3,(H,39,45)(H,41,44). The number of nitrogens with zero attached hydrogens (tertiary/aromatic N) is 2. The van der Waals surface area contributed by atoms with Crippen molar-refractivity contribution in [2.75, 3.05) is 63.2 Å². The first-order chi connectivity index (χ1) is 22.8. The third-order valence-electron chi connectivity index (χ3n) is 7.62. The minimum atomic E-state index is -0.258. The summed E-state index contributed by atoms with van der Waals surface area (Å²) in [6.45, 7) is 4.95. The fourth-order valence-electron chi connectivity index (χ4n) is 5.22. The molecule has 0 saturated carbocycles. The van der Waals surface area contributed by atoms with Crippen molar-refractivity contribution in [2.45, 2.75) is 6.42 Å². The van der Waals surface area contributed by atoms with Crippen molar-refractivity contribution in [3.63, 3.8) is 0 Å². The summed E-state index contributed by atoms with van der Waals surface area (Å²) < 4.78 is 12.1. The zero-order chi connectivity index (χ0) is 33.2. The smallest absolute Gasteiger partial charge is 0.286 e. The molecule has 1 saturated heterocycles. The number of carbonyl (C=O) groups excluding carboxylic acids is 2. The predicted molar refractivity (Wildman–Crippen MR) is 198 cm³/mol.